The summed E-state index contributed by atoms with van der Waals surface area (Å²) in [6.07, 6.45) is 13.1. The third kappa shape index (κ3) is 25.9. The number of esters is 3. The molecule has 9 rings (SSSR count). The maximum atomic E-state index is 13.7. The molecule has 2 fully saturated rings. The molecule has 546 valence electrons. The number of hydrogen-bond donors (Lipinski definition) is 3. The molecule has 7 heterocycles. The molecule has 2 aliphatic carbocycles. The number of nitrogen functional groups attached to an aromatic ring is 1. The molecule has 0 saturated heterocycles. The molecule has 2 aliphatic rings. The SMILES string of the molecule is CC1CCC(C(=O)N(Cc2ccn(C)n2)c2cc(C#CC(C)(C)C)sc2C(=O)O)CC1.COC(=O)c1sc(C#CC(C)(C)C)cc1N.COC(=O)c1sc(C#CC(C)(C)C)cc1N(Cc1ccn(C)n1)C(=O)C1CCC(C)CC1.COC(=O)c1sc(C#CC(C)(C)C)cc1NCc1ccn(C)n1. The van der Waals surface area contributed by atoms with Crippen molar-refractivity contribution in [1.29, 1.82) is 0 Å². The number of aromatic carboxylic acids is 1. The number of nitrogens with one attached hydrogen (secondary N) is 1. The lowest BCUT2D eigenvalue weighted by Crippen LogP contribution is -2.38. The summed E-state index contributed by atoms with van der Waals surface area (Å²) < 4.78 is 19.7. The second-order valence-electron chi connectivity index (χ2n) is 29.7. The highest BCUT2D eigenvalue weighted by Gasteiger charge is 2.35. The number of aromatic nitrogens is 6. The number of carbonyl (C=O) groups is 6. The van der Waals surface area contributed by atoms with Crippen LogP contribution in [0.4, 0.5) is 22.7 Å². The number of carbonyl (C=O) groups excluding carboxylic acids is 5. The highest BCUT2D eigenvalue weighted by Crippen LogP contribution is 2.39. The third-order valence-electron chi connectivity index (χ3n) is 15.7. The zero-order valence-corrected chi connectivity index (χ0v) is 66.0. The molecule has 0 aliphatic heterocycles. The standard InChI is InChI=1S/C25H33N3O3S.C24H31N3O3S.C17H21N3O2S.C12H15NO2S/c1-17-7-9-18(10-8-17)23(29)28(16-19-12-14-27(5)26-19)21-15-20(11-13-25(2,3)4)32-22(21)24(30)31-6;1-16-6-8-17(9-7-16)22(28)27(15-18-11-13-26(5)25-18)20-14-19(10-12-24(2,3)4)31-21(20)23(29)30;1-17(2,3)8-6-13-10-14(15(23-13)16(21)22-5)18-11-12-7-9-20(4)19-12;1-12(2,3)6-5-8-7-9(13)10(16-8)11(14)15-4/h12,14-15,17-18H,7-10,16H2,1-6H3;11,13-14,16-17H,6-9,15H2,1-5H3,(H,29,30);7,9-10,18H,11H2,1-5H3;7H,13H2,1-4H3. The third-order valence-corrected chi connectivity index (χ3v) is 19.8. The van der Waals surface area contributed by atoms with Gasteiger partial charge in [0.2, 0.25) is 11.8 Å². The molecule has 7 aromatic rings. The Morgan fingerprint density at radius 3 is 1.19 bits per heavy atom. The fourth-order valence-corrected chi connectivity index (χ4v) is 13.9. The normalized spacial score (nSPS) is 15.6. The fourth-order valence-electron chi connectivity index (χ4n) is 10.4. The average molecular weight is 1470 g/mol. The number of methoxy groups -OCH3 is 3. The number of hydrogen-bond acceptors (Lipinski definition) is 18. The smallest absolute Gasteiger partial charge is 0.350 e. The summed E-state index contributed by atoms with van der Waals surface area (Å²) >= 11 is 4.99. The van der Waals surface area contributed by atoms with Crippen LogP contribution in [0, 0.1) is 92.7 Å². The lowest BCUT2D eigenvalue weighted by Gasteiger charge is -2.30. The maximum Gasteiger partial charge on any atom is 0.350 e. The van der Waals surface area contributed by atoms with Crippen LogP contribution in [0.2, 0.25) is 0 Å². The first kappa shape index (κ1) is 82.0. The number of nitrogens with two attached hydrogens (primary N) is 1. The molecule has 24 heteroatoms. The van der Waals surface area contributed by atoms with Crippen LogP contribution in [0.5, 0.6) is 0 Å². The van der Waals surface area contributed by atoms with E-state index in [1.54, 1.807) is 36.0 Å². The van der Waals surface area contributed by atoms with Gasteiger partial charge >= 0.3 is 23.9 Å². The summed E-state index contributed by atoms with van der Waals surface area (Å²) in [5.41, 5.74) is 9.72. The number of aryl methyl sites for hydroxylation is 3. The van der Waals surface area contributed by atoms with E-state index < -0.39 is 17.9 Å². The van der Waals surface area contributed by atoms with Crippen molar-refractivity contribution in [2.75, 3.05) is 42.2 Å². The number of anilines is 4. The molecule has 0 bridgehead atoms. The van der Waals surface area contributed by atoms with Crippen LogP contribution in [0.3, 0.4) is 0 Å². The Kier molecular flexibility index (Phi) is 29.2. The van der Waals surface area contributed by atoms with Crippen molar-refractivity contribution in [2.45, 2.75) is 168 Å². The van der Waals surface area contributed by atoms with E-state index in [1.165, 1.54) is 55.3 Å². The largest absolute Gasteiger partial charge is 0.477 e. The number of thiophene rings is 4. The molecule has 2 amide bonds. The molecule has 0 atom stereocenters. The van der Waals surface area contributed by atoms with Crippen molar-refractivity contribution in [1.82, 2.24) is 29.3 Å². The zero-order chi connectivity index (χ0) is 75.6. The minimum Gasteiger partial charge on any atom is -0.477 e. The van der Waals surface area contributed by atoms with Crippen molar-refractivity contribution in [3.63, 3.8) is 0 Å². The quantitative estimate of drug-likeness (QED) is 0.0490. The van der Waals surface area contributed by atoms with E-state index in [9.17, 15) is 33.9 Å². The van der Waals surface area contributed by atoms with Gasteiger partial charge in [-0.05, 0) is 189 Å². The van der Waals surface area contributed by atoms with Crippen molar-refractivity contribution in [3.05, 3.63) is 117 Å². The van der Waals surface area contributed by atoms with Crippen LogP contribution in [-0.4, -0.2) is 91.5 Å². The summed E-state index contributed by atoms with van der Waals surface area (Å²) in [6, 6.07) is 12.9. The fraction of sp³-hybridized carbons (Fsp3) is 0.500. The van der Waals surface area contributed by atoms with Crippen molar-refractivity contribution >= 4 is 104 Å². The molecule has 0 unspecified atom stereocenters. The lowest BCUT2D eigenvalue weighted by molar-refractivity contribution is -0.124. The van der Waals surface area contributed by atoms with Crippen molar-refractivity contribution in [2.24, 2.45) is 66.5 Å². The number of carboxylic acids is 1. The van der Waals surface area contributed by atoms with Crippen LogP contribution >= 0.6 is 45.3 Å². The van der Waals surface area contributed by atoms with E-state index in [2.05, 4.69) is 107 Å². The number of ether oxygens (including phenoxy) is 3. The van der Waals surface area contributed by atoms with E-state index in [0.29, 0.717) is 61.5 Å². The predicted molar refractivity (Wildman–Crippen MR) is 410 cm³/mol. The molecule has 7 aromatic heterocycles. The minimum atomic E-state index is -1.04. The van der Waals surface area contributed by atoms with Gasteiger partial charge in [-0.1, -0.05) is 61.2 Å². The molecule has 102 heavy (non-hydrogen) atoms. The maximum absolute atomic E-state index is 13.7. The van der Waals surface area contributed by atoms with Gasteiger partial charge in [0.05, 0.1) is 100 Å². The van der Waals surface area contributed by atoms with E-state index >= 15 is 0 Å². The summed E-state index contributed by atoms with van der Waals surface area (Å²) in [5, 5.41) is 26.3. The van der Waals surface area contributed by atoms with Crippen LogP contribution in [0.15, 0.2) is 61.1 Å². The molecule has 2 saturated carbocycles. The Bertz CT molecular complexity index is 4330. The van der Waals surface area contributed by atoms with Crippen LogP contribution in [0.1, 0.15) is 224 Å². The molecule has 0 spiro atoms. The number of amides is 2. The Morgan fingerprint density at radius 2 is 0.824 bits per heavy atom. The van der Waals surface area contributed by atoms with Crippen LogP contribution < -0.4 is 20.9 Å². The monoisotopic (exact) mass is 1460 g/mol. The van der Waals surface area contributed by atoms with Gasteiger partial charge < -0.3 is 40.2 Å². The van der Waals surface area contributed by atoms with Gasteiger partial charge in [0, 0.05) is 73.2 Å². The van der Waals surface area contributed by atoms with E-state index in [4.69, 9.17) is 15.2 Å². The van der Waals surface area contributed by atoms with Crippen LogP contribution in [0.25, 0.3) is 0 Å². The number of carboxylic acid groups (broad SMARTS) is 1. The molecular weight excluding hydrogens is 1370 g/mol. The average Bonchev–Trinajstić information content (AvgIpc) is 1.58. The van der Waals surface area contributed by atoms with E-state index in [0.717, 1.165) is 100 Å². The molecule has 0 radical (unpaired) electrons. The first-order valence-corrected chi connectivity index (χ1v) is 37.2. The minimum absolute atomic E-state index is 0.0202. The Hall–Kier alpha value is -8.91. The van der Waals surface area contributed by atoms with E-state index in [1.807, 2.05) is 132 Å². The molecule has 20 nitrogen and oxygen atoms in total. The van der Waals surface area contributed by atoms with Gasteiger partial charge in [0.25, 0.3) is 0 Å². The number of rotatable bonds is 15. The first-order valence-electron chi connectivity index (χ1n) is 34.0. The lowest BCUT2D eigenvalue weighted by atomic mass is 9.82. The van der Waals surface area contributed by atoms with Gasteiger partial charge in [-0.25, -0.2) is 19.2 Å². The highest BCUT2D eigenvalue weighted by molar-refractivity contribution is 7.16. The Morgan fingerprint density at radius 1 is 0.500 bits per heavy atom. The second-order valence-corrected chi connectivity index (χ2v) is 33.9. The second kappa shape index (κ2) is 36.3. The highest BCUT2D eigenvalue weighted by atomic mass is 32.1. The Labute approximate surface area is 618 Å². The topological polar surface area (TPSA) is 248 Å². The first-order chi connectivity index (χ1) is 47.7. The number of nitrogens with zero attached hydrogens (tertiary/aromatic N) is 8. The van der Waals surface area contributed by atoms with Gasteiger partial charge in [-0.3, -0.25) is 23.6 Å². The predicted octanol–water partition coefficient (Wildman–Crippen LogP) is 15.8. The summed E-state index contributed by atoms with van der Waals surface area (Å²) in [6.45, 7) is 29.9. The van der Waals surface area contributed by atoms with Gasteiger partial charge in [0.1, 0.15) is 19.5 Å². The molecular formula is C78H100N10O10S4. The van der Waals surface area contributed by atoms with Gasteiger partial charge in [-0.15, -0.1) is 45.3 Å². The summed E-state index contributed by atoms with van der Waals surface area (Å²) in [7, 11) is 9.62. The molecule has 0 aromatic carbocycles. The van der Waals surface area contributed by atoms with Gasteiger partial charge in [-0.2, -0.15) is 15.3 Å². The zero-order valence-electron chi connectivity index (χ0n) is 62.8. The van der Waals surface area contributed by atoms with Crippen molar-refractivity contribution in [3.8, 4) is 47.4 Å². The summed E-state index contributed by atoms with van der Waals surface area (Å²) in [5.74, 6) is 23.9. The Balaban J connectivity index is 0.000000220. The van der Waals surface area contributed by atoms with Gasteiger partial charge in [0.15, 0.2) is 0 Å². The van der Waals surface area contributed by atoms with Crippen molar-refractivity contribution < 1.29 is 48.1 Å². The summed E-state index contributed by atoms with van der Waals surface area (Å²) in [4.78, 5) is 83.1. The molecule has 4 N–H and O–H groups in total. The van der Waals surface area contributed by atoms with E-state index in [-0.39, 0.29) is 62.7 Å². The van der Waals surface area contributed by atoms with Crippen LogP contribution in [-0.2, 0) is 64.6 Å².